The minimum absolute atomic E-state index is 0.0993. The molecular formula is C29H37F2N5O6S2. The number of fused-ring (bicyclic) bond motifs is 2. The Balaban J connectivity index is 0.000000386. The van der Waals surface area contributed by atoms with Gasteiger partial charge in [-0.3, -0.25) is 14.0 Å². The largest absolute Gasteiger partial charge is 0.369 e. The zero-order valence-corrected chi connectivity index (χ0v) is 26.4. The first-order chi connectivity index (χ1) is 20.5. The van der Waals surface area contributed by atoms with Crippen molar-refractivity contribution in [2.24, 2.45) is 11.8 Å². The minimum atomic E-state index is -3.67. The Bertz CT molecular complexity index is 1690. The van der Waals surface area contributed by atoms with Crippen LogP contribution in [0.5, 0.6) is 0 Å². The second kappa shape index (κ2) is 13.5. The van der Waals surface area contributed by atoms with Gasteiger partial charge in [-0.05, 0) is 80.8 Å². The van der Waals surface area contributed by atoms with E-state index in [9.17, 15) is 25.6 Å². The lowest BCUT2D eigenvalue weighted by atomic mass is 10.0. The lowest BCUT2D eigenvalue weighted by Crippen LogP contribution is -2.50. The van der Waals surface area contributed by atoms with Crippen LogP contribution >= 0.6 is 0 Å². The predicted molar refractivity (Wildman–Crippen MR) is 163 cm³/mol. The van der Waals surface area contributed by atoms with E-state index in [-0.39, 0.29) is 11.4 Å². The summed E-state index contributed by atoms with van der Waals surface area (Å²) in [5.74, 6) is 1.77. The van der Waals surface area contributed by atoms with E-state index >= 15 is 0 Å². The van der Waals surface area contributed by atoms with Crippen molar-refractivity contribution < 1.29 is 34.7 Å². The molecule has 1 aliphatic heterocycles. The molecule has 3 fully saturated rings. The Labute approximate surface area is 256 Å². The lowest BCUT2D eigenvalue weighted by molar-refractivity contribution is 0.177. The Morgan fingerprint density at radius 3 is 1.93 bits per heavy atom. The summed E-state index contributed by atoms with van der Waals surface area (Å²) < 4.78 is 82.0. The van der Waals surface area contributed by atoms with Crippen LogP contribution in [0.25, 0.3) is 11.0 Å². The highest BCUT2D eigenvalue weighted by atomic mass is 32.2. The summed E-state index contributed by atoms with van der Waals surface area (Å²) in [7, 11) is -7.33. The Kier molecular flexibility index (Phi) is 10.3. The van der Waals surface area contributed by atoms with Crippen molar-refractivity contribution in [2.75, 3.05) is 43.6 Å². The quantitative estimate of drug-likeness (QED) is 0.395. The van der Waals surface area contributed by atoms with Gasteiger partial charge in [-0.1, -0.05) is 0 Å². The SMILES string of the molecule is CS(=O)(=O)O.CS(=O)(=O)O.Cc1nc2ccc(F)cc2n1C1CC2CC(N3CCN(c4ccc(C#N)c(F)c4)CC3)CC2C1. The van der Waals surface area contributed by atoms with Gasteiger partial charge in [0.2, 0.25) is 0 Å². The highest BCUT2D eigenvalue weighted by molar-refractivity contribution is 7.85. The summed E-state index contributed by atoms with van der Waals surface area (Å²) in [6, 6.07) is 12.7. The molecule has 3 aromatic rings. The fourth-order valence-electron chi connectivity index (χ4n) is 6.85. The normalized spacial score (nSPS) is 23.7. The molecule has 240 valence electrons. The number of anilines is 1. The van der Waals surface area contributed by atoms with Gasteiger partial charge in [0.1, 0.15) is 23.5 Å². The highest BCUT2D eigenvalue weighted by Crippen LogP contribution is 2.51. The molecule has 3 aliphatic rings. The van der Waals surface area contributed by atoms with Gasteiger partial charge < -0.3 is 9.47 Å². The molecule has 0 radical (unpaired) electrons. The molecule has 1 aromatic heterocycles. The summed E-state index contributed by atoms with van der Waals surface area (Å²) in [5, 5.41) is 8.96. The van der Waals surface area contributed by atoms with Gasteiger partial charge >= 0.3 is 0 Å². The second-order valence-electron chi connectivity index (χ2n) is 11.7. The molecule has 2 heterocycles. The van der Waals surface area contributed by atoms with Crippen LogP contribution in [0.15, 0.2) is 36.4 Å². The van der Waals surface area contributed by atoms with E-state index in [1.807, 2.05) is 19.1 Å². The smallest absolute Gasteiger partial charge is 0.261 e. The van der Waals surface area contributed by atoms with Crippen molar-refractivity contribution >= 4 is 37.0 Å². The van der Waals surface area contributed by atoms with Crippen molar-refractivity contribution in [3.05, 3.63) is 59.4 Å². The van der Waals surface area contributed by atoms with Crippen LogP contribution < -0.4 is 4.90 Å². The maximum absolute atomic E-state index is 14.0. The van der Waals surface area contributed by atoms with Crippen LogP contribution in [0, 0.1) is 41.7 Å². The molecule has 2 unspecified atom stereocenters. The number of aryl methyl sites for hydroxylation is 1. The van der Waals surface area contributed by atoms with Gasteiger partial charge in [-0.15, -0.1) is 0 Å². The third kappa shape index (κ3) is 8.95. The van der Waals surface area contributed by atoms with Crippen LogP contribution in [0.3, 0.4) is 0 Å². The summed E-state index contributed by atoms with van der Waals surface area (Å²) in [6.45, 7) is 5.77. The van der Waals surface area contributed by atoms with E-state index in [2.05, 4.69) is 19.4 Å². The van der Waals surface area contributed by atoms with E-state index < -0.39 is 26.1 Å². The molecule has 1 saturated heterocycles. The number of imidazole rings is 1. The molecule has 6 rings (SSSR count). The van der Waals surface area contributed by atoms with Gasteiger partial charge in [0.05, 0.1) is 29.1 Å². The second-order valence-corrected chi connectivity index (χ2v) is 14.6. The molecule has 2 aromatic carbocycles. The van der Waals surface area contributed by atoms with E-state index in [1.54, 1.807) is 18.2 Å². The number of piperazine rings is 1. The average Bonchev–Trinajstić information content (AvgIpc) is 3.57. The standard InChI is InChI=1S/C27H29F2N5.2CH4O3S/c1-17-31-26-5-3-21(28)14-27(26)34(17)24-12-19-10-23(11-20(19)13-24)33-8-6-32(7-9-33)22-4-2-18(16-30)25(29)15-22;2*1-5(2,3)4/h2-5,14-15,19-20,23-24H,6-13H2,1H3;2*1H3,(H,2,3,4). The number of halogens is 2. The molecule has 2 saturated carbocycles. The van der Waals surface area contributed by atoms with E-state index in [1.165, 1.54) is 25.0 Å². The first kappa shape index (κ1) is 33.7. The van der Waals surface area contributed by atoms with Crippen molar-refractivity contribution in [2.45, 2.75) is 44.7 Å². The van der Waals surface area contributed by atoms with Gasteiger partial charge in [0.15, 0.2) is 0 Å². The topological polar surface area (TPSA) is 157 Å². The van der Waals surface area contributed by atoms with E-state index in [0.717, 1.165) is 61.6 Å². The van der Waals surface area contributed by atoms with Gasteiger partial charge in [0, 0.05) is 44.0 Å². The number of benzene rings is 2. The van der Waals surface area contributed by atoms with Crippen LogP contribution in [0.1, 0.15) is 43.1 Å². The lowest BCUT2D eigenvalue weighted by Gasteiger charge is -2.39. The molecule has 2 aliphatic carbocycles. The number of hydrogen-bond acceptors (Lipinski definition) is 8. The zero-order chi connectivity index (χ0) is 32.4. The van der Waals surface area contributed by atoms with E-state index in [0.29, 0.717) is 36.4 Å². The van der Waals surface area contributed by atoms with Crippen molar-refractivity contribution in [1.29, 1.82) is 5.26 Å². The van der Waals surface area contributed by atoms with E-state index in [4.69, 9.17) is 14.4 Å². The fourth-order valence-corrected chi connectivity index (χ4v) is 6.85. The maximum atomic E-state index is 14.0. The van der Waals surface area contributed by atoms with Gasteiger partial charge in [-0.25, -0.2) is 13.8 Å². The van der Waals surface area contributed by atoms with Gasteiger partial charge in [-0.2, -0.15) is 22.1 Å². The Hall–Kier alpha value is -3.16. The van der Waals surface area contributed by atoms with Gasteiger partial charge in [0.25, 0.3) is 20.2 Å². The Morgan fingerprint density at radius 2 is 1.41 bits per heavy atom. The summed E-state index contributed by atoms with van der Waals surface area (Å²) >= 11 is 0. The van der Waals surface area contributed by atoms with Crippen LogP contribution in [0.4, 0.5) is 14.5 Å². The average molecular weight is 654 g/mol. The maximum Gasteiger partial charge on any atom is 0.261 e. The molecule has 15 heteroatoms. The summed E-state index contributed by atoms with van der Waals surface area (Å²) in [4.78, 5) is 9.52. The third-order valence-corrected chi connectivity index (χ3v) is 8.43. The molecule has 2 atom stereocenters. The predicted octanol–water partition coefficient (Wildman–Crippen LogP) is 4.05. The van der Waals surface area contributed by atoms with Crippen LogP contribution in [-0.4, -0.2) is 85.1 Å². The summed E-state index contributed by atoms with van der Waals surface area (Å²) in [5.41, 5.74) is 2.77. The number of nitrogens with zero attached hydrogens (tertiary/aromatic N) is 5. The molecule has 44 heavy (non-hydrogen) atoms. The molecule has 2 N–H and O–H groups in total. The molecule has 0 bridgehead atoms. The van der Waals surface area contributed by atoms with Crippen LogP contribution in [-0.2, 0) is 20.2 Å². The number of rotatable bonds is 3. The van der Waals surface area contributed by atoms with Crippen molar-refractivity contribution in [1.82, 2.24) is 14.5 Å². The molecule has 0 amide bonds. The number of nitriles is 1. The number of hydrogen-bond donors (Lipinski definition) is 2. The fraction of sp³-hybridized carbons (Fsp3) is 0.517. The molecule has 0 spiro atoms. The first-order valence-corrected chi connectivity index (χ1v) is 17.9. The van der Waals surface area contributed by atoms with Crippen LogP contribution in [0.2, 0.25) is 0 Å². The zero-order valence-electron chi connectivity index (χ0n) is 24.8. The molecule has 11 nitrogen and oxygen atoms in total. The molecular weight excluding hydrogens is 616 g/mol. The van der Waals surface area contributed by atoms with Crippen molar-refractivity contribution in [3.8, 4) is 6.07 Å². The third-order valence-electron chi connectivity index (χ3n) is 8.43. The summed E-state index contributed by atoms with van der Waals surface area (Å²) in [6.07, 6.45) is 6.18. The Morgan fingerprint density at radius 1 is 0.864 bits per heavy atom. The monoisotopic (exact) mass is 653 g/mol. The minimum Gasteiger partial charge on any atom is -0.369 e. The first-order valence-electron chi connectivity index (χ1n) is 14.2. The van der Waals surface area contributed by atoms with Crippen molar-refractivity contribution in [3.63, 3.8) is 0 Å². The number of aromatic nitrogens is 2. The highest BCUT2D eigenvalue weighted by Gasteiger charge is 2.44.